The minimum atomic E-state index is -3.76. The number of benzene rings is 2. The van der Waals surface area contributed by atoms with Gasteiger partial charge >= 0.3 is 0 Å². The molecule has 138 valence electrons. The highest BCUT2D eigenvalue weighted by atomic mass is 32.2. The van der Waals surface area contributed by atoms with Crippen LogP contribution in [0.4, 0.5) is 17.2 Å². The van der Waals surface area contributed by atoms with Crippen molar-refractivity contribution in [3.05, 3.63) is 66.4 Å². The lowest BCUT2D eigenvalue weighted by Crippen LogP contribution is -2.13. The Labute approximate surface area is 157 Å². The van der Waals surface area contributed by atoms with Gasteiger partial charge < -0.3 is 14.8 Å². The molecule has 0 fully saturated rings. The number of sulfonamides is 1. The number of nitrogens with one attached hydrogen (secondary N) is 2. The summed E-state index contributed by atoms with van der Waals surface area (Å²) in [6.45, 7) is 2.10. The monoisotopic (exact) mass is 383 g/mol. The minimum absolute atomic E-state index is 0.0889. The smallest absolute Gasteiger partial charge is 0.262 e. The van der Waals surface area contributed by atoms with Crippen molar-refractivity contribution < 1.29 is 17.9 Å². The van der Waals surface area contributed by atoms with Gasteiger partial charge in [-0.15, -0.1) is 0 Å². The Morgan fingerprint density at radius 2 is 1.81 bits per heavy atom. The first-order valence-corrected chi connectivity index (χ1v) is 9.70. The predicted octanol–water partition coefficient (Wildman–Crippen LogP) is 3.66. The van der Waals surface area contributed by atoms with Crippen LogP contribution in [0.3, 0.4) is 0 Å². The molecule has 0 amide bonds. The molecule has 2 heterocycles. The zero-order valence-electron chi connectivity index (χ0n) is 14.5. The molecule has 2 N–H and O–H groups in total. The van der Waals surface area contributed by atoms with Crippen LogP contribution in [0.25, 0.3) is 0 Å². The molecule has 1 aliphatic heterocycles. The van der Waals surface area contributed by atoms with Gasteiger partial charge in [0, 0.05) is 11.8 Å². The fourth-order valence-electron chi connectivity index (χ4n) is 2.66. The number of ether oxygens (including phenoxy) is 2. The molecule has 0 bridgehead atoms. The molecule has 8 heteroatoms. The molecule has 7 nitrogen and oxygen atoms in total. The van der Waals surface area contributed by atoms with Gasteiger partial charge in [0.05, 0.1) is 16.8 Å². The molecule has 0 saturated heterocycles. The van der Waals surface area contributed by atoms with Crippen LogP contribution in [0.15, 0.2) is 65.7 Å². The van der Waals surface area contributed by atoms with E-state index in [0.29, 0.717) is 23.0 Å². The summed E-state index contributed by atoms with van der Waals surface area (Å²) in [6, 6.07) is 15.7. The summed E-state index contributed by atoms with van der Waals surface area (Å²) in [5.74, 6) is 1.56. The van der Waals surface area contributed by atoms with Crippen LogP contribution in [0.5, 0.6) is 11.5 Å². The Morgan fingerprint density at radius 3 is 2.59 bits per heavy atom. The number of anilines is 3. The van der Waals surface area contributed by atoms with Crippen molar-refractivity contribution >= 4 is 27.2 Å². The van der Waals surface area contributed by atoms with Crippen molar-refractivity contribution in [1.29, 1.82) is 0 Å². The molecule has 0 atom stereocenters. The molecule has 0 unspecified atom stereocenters. The first-order valence-electron chi connectivity index (χ1n) is 8.22. The molecule has 0 radical (unpaired) electrons. The highest BCUT2D eigenvalue weighted by Gasteiger charge is 2.20. The number of aryl methyl sites for hydroxylation is 1. The molecule has 1 aromatic heterocycles. The number of pyridine rings is 1. The van der Waals surface area contributed by atoms with Gasteiger partial charge in [-0.25, -0.2) is 13.4 Å². The number of fused-ring (bicyclic) bond motifs is 1. The van der Waals surface area contributed by atoms with Crippen LogP contribution < -0.4 is 19.5 Å². The molecule has 27 heavy (non-hydrogen) atoms. The van der Waals surface area contributed by atoms with Gasteiger partial charge in [0.2, 0.25) is 6.79 Å². The average Bonchev–Trinajstić information content (AvgIpc) is 3.11. The van der Waals surface area contributed by atoms with Crippen LogP contribution >= 0.6 is 0 Å². The lowest BCUT2D eigenvalue weighted by atomic mass is 10.2. The molecular formula is C19H17N3O4S. The van der Waals surface area contributed by atoms with Crippen LogP contribution in [0, 0.1) is 6.92 Å². The third kappa shape index (κ3) is 3.80. The van der Waals surface area contributed by atoms with E-state index in [9.17, 15) is 8.42 Å². The highest BCUT2D eigenvalue weighted by molar-refractivity contribution is 7.92. The van der Waals surface area contributed by atoms with Crippen LogP contribution in [0.2, 0.25) is 0 Å². The zero-order chi connectivity index (χ0) is 18.9. The molecular weight excluding hydrogens is 366 g/mol. The number of aromatic nitrogens is 1. The number of hydrogen-bond acceptors (Lipinski definition) is 6. The fraction of sp³-hybridized carbons (Fsp3) is 0.105. The Morgan fingerprint density at radius 1 is 0.963 bits per heavy atom. The Balaban J connectivity index is 1.49. The van der Waals surface area contributed by atoms with Gasteiger partial charge in [0.1, 0.15) is 5.82 Å². The first-order chi connectivity index (χ1) is 13.0. The summed E-state index contributed by atoms with van der Waals surface area (Å²) in [5.41, 5.74) is 2.41. The van der Waals surface area contributed by atoms with Gasteiger partial charge in [-0.1, -0.05) is 12.1 Å². The average molecular weight is 383 g/mol. The van der Waals surface area contributed by atoms with E-state index >= 15 is 0 Å². The molecule has 2 aromatic carbocycles. The maximum absolute atomic E-state index is 12.6. The van der Waals surface area contributed by atoms with E-state index in [1.54, 1.807) is 18.2 Å². The summed E-state index contributed by atoms with van der Waals surface area (Å²) < 4.78 is 38.1. The van der Waals surface area contributed by atoms with Gasteiger partial charge in [-0.05, 0) is 48.9 Å². The predicted molar refractivity (Wildman–Crippen MR) is 102 cm³/mol. The maximum Gasteiger partial charge on any atom is 0.262 e. The van der Waals surface area contributed by atoms with Gasteiger partial charge in [0.15, 0.2) is 11.5 Å². The van der Waals surface area contributed by atoms with E-state index in [1.807, 2.05) is 31.2 Å². The largest absolute Gasteiger partial charge is 0.454 e. The van der Waals surface area contributed by atoms with E-state index in [1.165, 1.54) is 18.3 Å². The summed E-state index contributed by atoms with van der Waals surface area (Å²) >= 11 is 0. The highest BCUT2D eigenvalue weighted by Crippen LogP contribution is 2.34. The van der Waals surface area contributed by atoms with Gasteiger partial charge in [0.25, 0.3) is 10.0 Å². The fourth-order valence-corrected chi connectivity index (χ4v) is 3.72. The number of rotatable bonds is 5. The van der Waals surface area contributed by atoms with E-state index in [-0.39, 0.29) is 11.7 Å². The van der Waals surface area contributed by atoms with E-state index < -0.39 is 10.0 Å². The Kier molecular flexibility index (Phi) is 4.33. The summed E-state index contributed by atoms with van der Waals surface area (Å²) in [7, 11) is -3.76. The molecule has 4 rings (SSSR count). The summed E-state index contributed by atoms with van der Waals surface area (Å²) in [5, 5.41) is 3.18. The van der Waals surface area contributed by atoms with Crippen molar-refractivity contribution in [2.75, 3.05) is 16.8 Å². The maximum atomic E-state index is 12.6. The molecule has 0 spiro atoms. The first kappa shape index (κ1) is 17.2. The quantitative estimate of drug-likeness (QED) is 0.699. The van der Waals surface area contributed by atoms with Gasteiger partial charge in [-0.2, -0.15) is 0 Å². The molecule has 3 aromatic rings. The normalized spacial score (nSPS) is 12.6. The second-order valence-corrected chi connectivity index (χ2v) is 7.73. The van der Waals surface area contributed by atoms with E-state index in [2.05, 4.69) is 15.0 Å². The second kappa shape index (κ2) is 6.81. The summed E-state index contributed by atoms with van der Waals surface area (Å²) in [4.78, 5) is 4.35. The van der Waals surface area contributed by atoms with Crippen molar-refractivity contribution in [2.24, 2.45) is 0 Å². The van der Waals surface area contributed by atoms with Crippen molar-refractivity contribution in [2.45, 2.75) is 11.8 Å². The molecule has 0 saturated carbocycles. The van der Waals surface area contributed by atoms with Crippen molar-refractivity contribution in [3.8, 4) is 11.5 Å². The van der Waals surface area contributed by atoms with E-state index in [0.717, 1.165) is 11.3 Å². The minimum Gasteiger partial charge on any atom is -0.454 e. The lowest BCUT2D eigenvalue weighted by molar-refractivity contribution is 0.174. The van der Waals surface area contributed by atoms with Crippen LogP contribution in [0.1, 0.15) is 5.56 Å². The SMILES string of the molecule is Cc1cccc(Nc2ccc(NS(=O)(=O)c3ccc4c(c3)OCO4)cn2)c1. The van der Waals surface area contributed by atoms with Gasteiger partial charge in [-0.3, -0.25) is 4.72 Å². The van der Waals surface area contributed by atoms with Crippen LogP contribution in [-0.2, 0) is 10.0 Å². The molecule has 1 aliphatic rings. The Hall–Kier alpha value is -3.26. The third-order valence-electron chi connectivity index (χ3n) is 3.96. The number of nitrogens with zero attached hydrogens (tertiary/aromatic N) is 1. The lowest BCUT2D eigenvalue weighted by Gasteiger charge is -2.10. The summed E-state index contributed by atoms with van der Waals surface area (Å²) in [6.07, 6.45) is 1.46. The zero-order valence-corrected chi connectivity index (χ0v) is 15.3. The van der Waals surface area contributed by atoms with Crippen molar-refractivity contribution in [1.82, 2.24) is 4.98 Å². The van der Waals surface area contributed by atoms with Crippen molar-refractivity contribution in [3.63, 3.8) is 0 Å². The number of hydrogen-bond donors (Lipinski definition) is 2. The van der Waals surface area contributed by atoms with E-state index in [4.69, 9.17) is 9.47 Å². The third-order valence-corrected chi connectivity index (χ3v) is 5.34. The second-order valence-electron chi connectivity index (χ2n) is 6.05. The topological polar surface area (TPSA) is 89.5 Å². The van der Waals surface area contributed by atoms with Crippen LogP contribution in [-0.4, -0.2) is 20.2 Å². The standard InChI is InChI=1S/C19H17N3O4S/c1-13-3-2-4-14(9-13)21-19-8-5-15(11-20-19)22-27(23,24)16-6-7-17-18(10-16)26-12-25-17/h2-11,22H,12H2,1H3,(H,20,21). The Bertz CT molecular complexity index is 1080. The molecule has 0 aliphatic carbocycles.